The molecule has 0 amide bonds. The predicted octanol–water partition coefficient (Wildman–Crippen LogP) is 1.53. The Morgan fingerprint density at radius 3 is 2.68 bits per heavy atom. The molecule has 0 fully saturated rings. The summed E-state index contributed by atoms with van der Waals surface area (Å²) in [6, 6.07) is 3.93. The quantitative estimate of drug-likeness (QED) is 0.841. The lowest BCUT2D eigenvalue weighted by Gasteiger charge is -2.08. The van der Waals surface area contributed by atoms with E-state index in [1.165, 1.54) is 12.3 Å². The smallest absolute Gasteiger partial charge is 0.263 e. The van der Waals surface area contributed by atoms with Crippen LogP contribution < -0.4 is 10.3 Å². The third-order valence-electron chi connectivity index (χ3n) is 2.33. The van der Waals surface area contributed by atoms with Gasteiger partial charge < -0.3 is 4.98 Å². The van der Waals surface area contributed by atoms with Crippen LogP contribution in [-0.4, -0.2) is 18.4 Å². The van der Waals surface area contributed by atoms with E-state index in [1.807, 2.05) is 0 Å². The fraction of sp³-hybridized carbons (Fsp3) is 0.0909. The molecular weight excluding hydrogens is 290 g/mol. The Morgan fingerprint density at radius 1 is 1.37 bits per heavy atom. The maximum atomic E-state index is 12.0. The lowest BCUT2D eigenvalue weighted by Crippen LogP contribution is -2.15. The molecule has 0 aliphatic carbocycles. The number of aryl methyl sites for hydroxylation is 1. The van der Waals surface area contributed by atoms with E-state index in [9.17, 15) is 13.2 Å². The van der Waals surface area contributed by atoms with Crippen LogP contribution in [0.4, 0.5) is 5.69 Å². The van der Waals surface area contributed by atoms with Gasteiger partial charge in [0, 0.05) is 12.3 Å². The van der Waals surface area contributed by atoms with Gasteiger partial charge in [0.15, 0.2) is 0 Å². The van der Waals surface area contributed by atoms with Gasteiger partial charge >= 0.3 is 0 Å². The summed E-state index contributed by atoms with van der Waals surface area (Å²) in [5.74, 6) is 0. The van der Waals surface area contributed by atoms with Crippen molar-refractivity contribution in [1.82, 2.24) is 9.97 Å². The van der Waals surface area contributed by atoms with E-state index < -0.39 is 10.0 Å². The number of hydrogen-bond donors (Lipinski definition) is 2. The largest absolute Gasteiger partial charge is 0.328 e. The second kappa shape index (κ2) is 5.02. The van der Waals surface area contributed by atoms with Crippen LogP contribution in [0.1, 0.15) is 5.56 Å². The minimum Gasteiger partial charge on any atom is -0.328 e. The van der Waals surface area contributed by atoms with Crippen LogP contribution in [0.3, 0.4) is 0 Å². The van der Waals surface area contributed by atoms with E-state index >= 15 is 0 Å². The van der Waals surface area contributed by atoms with Crippen molar-refractivity contribution in [2.24, 2.45) is 0 Å². The molecule has 2 aromatic heterocycles. The summed E-state index contributed by atoms with van der Waals surface area (Å²) >= 11 is 5.76. The molecule has 2 aromatic rings. The van der Waals surface area contributed by atoms with Crippen LogP contribution in [0.5, 0.6) is 0 Å². The van der Waals surface area contributed by atoms with Crippen molar-refractivity contribution >= 4 is 27.3 Å². The Labute approximate surface area is 114 Å². The first kappa shape index (κ1) is 13.6. The van der Waals surface area contributed by atoms with Gasteiger partial charge in [0.05, 0.1) is 11.9 Å². The predicted molar refractivity (Wildman–Crippen MR) is 71.9 cm³/mol. The second-order valence-corrected chi connectivity index (χ2v) is 5.87. The lowest BCUT2D eigenvalue weighted by atomic mass is 10.3. The molecule has 2 rings (SSSR count). The van der Waals surface area contributed by atoms with Crippen molar-refractivity contribution in [2.45, 2.75) is 11.8 Å². The molecule has 2 N–H and O–H groups in total. The molecule has 0 aliphatic heterocycles. The summed E-state index contributed by atoms with van der Waals surface area (Å²) < 4.78 is 26.4. The van der Waals surface area contributed by atoms with Crippen molar-refractivity contribution in [1.29, 1.82) is 0 Å². The molecule has 0 aliphatic rings. The van der Waals surface area contributed by atoms with Gasteiger partial charge in [-0.15, -0.1) is 0 Å². The average molecular weight is 300 g/mol. The third-order valence-corrected chi connectivity index (χ3v) is 4.11. The Bertz CT molecular complexity index is 751. The summed E-state index contributed by atoms with van der Waals surface area (Å²) in [5.41, 5.74) is 0.583. The first-order valence-electron chi connectivity index (χ1n) is 5.22. The summed E-state index contributed by atoms with van der Waals surface area (Å²) in [6.07, 6.45) is 2.44. The highest BCUT2D eigenvalue weighted by atomic mass is 35.5. The minimum atomic E-state index is -3.76. The first-order valence-corrected chi connectivity index (χ1v) is 7.08. The van der Waals surface area contributed by atoms with Crippen LogP contribution in [0.15, 0.2) is 40.3 Å². The fourth-order valence-electron chi connectivity index (χ4n) is 1.39. The number of H-pyrrole nitrogens is 1. The molecule has 0 unspecified atom stereocenters. The van der Waals surface area contributed by atoms with Gasteiger partial charge in [-0.1, -0.05) is 11.6 Å². The number of hydrogen-bond acceptors (Lipinski definition) is 4. The van der Waals surface area contributed by atoms with E-state index in [2.05, 4.69) is 14.7 Å². The highest BCUT2D eigenvalue weighted by Crippen LogP contribution is 2.19. The van der Waals surface area contributed by atoms with Gasteiger partial charge in [-0.25, -0.2) is 13.4 Å². The number of sulfonamides is 1. The van der Waals surface area contributed by atoms with Crippen LogP contribution in [-0.2, 0) is 10.0 Å². The van der Waals surface area contributed by atoms with Gasteiger partial charge in [0.1, 0.15) is 10.0 Å². The highest BCUT2D eigenvalue weighted by molar-refractivity contribution is 7.92. The fourth-order valence-corrected chi connectivity index (χ4v) is 2.50. The zero-order valence-corrected chi connectivity index (χ0v) is 11.4. The molecule has 6 nitrogen and oxygen atoms in total. The van der Waals surface area contributed by atoms with E-state index in [0.29, 0.717) is 16.4 Å². The van der Waals surface area contributed by atoms with Crippen molar-refractivity contribution < 1.29 is 8.42 Å². The molecule has 0 radical (unpaired) electrons. The standard InChI is InChI=1S/C11H10ClN3O3S/c1-7-4-8(5-14-11(7)12)15-19(17,18)9-2-3-10(16)13-6-9/h2-6,15H,1H3,(H,13,16). The molecule has 2 heterocycles. The highest BCUT2D eigenvalue weighted by Gasteiger charge is 2.14. The summed E-state index contributed by atoms with van der Waals surface area (Å²) in [6.45, 7) is 1.72. The van der Waals surface area contributed by atoms with Crippen molar-refractivity contribution in [3.63, 3.8) is 0 Å². The number of halogens is 1. The molecule has 0 aromatic carbocycles. The molecule has 0 atom stereocenters. The molecule has 0 spiro atoms. The number of anilines is 1. The van der Waals surface area contributed by atoms with E-state index in [0.717, 1.165) is 12.3 Å². The molecule has 19 heavy (non-hydrogen) atoms. The molecule has 8 heteroatoms. The maximum Gasteiger partial charge on any atom is 0.263 e. The lowest BCUT2D eigenvalue weighted by molar-refractivity contribution is 0.600. The number of rotatable bonds is 3. The van der Waals surface area contributed by atoms with E-state index in [1.54, 1.807) is 13.0 Å². The SMILES string of the molecule is Cc1cc(NS(=O)(=O)c2ccc(=O)[nH]c2)cnc1Cl. The minimum absolute atomic E-state index is 0.0419. The third kappa shape index (κ3) is 3.12. The molecular formula is C11H10ClN3O3S. The van der Waals surface area contributed by atoms with E-state index in [4.69, 9.17) is 11.6 Å². The Hall–Kier alpha value is -1.86. The number of pyridine rings is 2. The summed E-state index contributed by atoms with van der Waals surface area (Å²) in [7, 11) is -3.76. The zero-order valence-electron chi connectivity index (χ0n) is 9.84. The van der Waals surface area contributed by atoms with Crippen molar-refractivity contribution in [2.75, 3.05) is 4.72 Å². The second-order valence-electron chi connectivity index (χ2n) is 3.83. The van der Waals surface area contributed by atoms with Crippen LogP contribution in [0.2, 0.25) is 5.15 Å². The Kier molecular flexibility index (Phi) is 3.59. The number of aromatic amines is 1. The normalized spacial score (nSPS) is 11.3. The van der Waals surface area contributed by atoms with Crippen LogP contribution in [0, 0.1) is 6.92 Å². The first-order chi connectivity index (χ1) is 8.88. The summed E-state index contributed by atoms with van der Waals surface area (Å²) in [5, 5.41) is 0.312. The van der Waals surface area contributed by atoms with Crippen LogP contribution >= 0.6 is 11.6 Å². The Balaban J connectivity index is 2.33. The van der Waals surface area contributed by atoms with Crippen LogP contribution in [0.25, 0.3) is 0 Å². The molecule has 0 bridgehead atoms. The monoisotopic (exact) mass is 299 g/mol. The number of nitrogens with one attached hydrogen (secondary N) is 2. The van der Waals surface area contributed by atoms with Gasteiger partial charge in [-0.2, -0.15) is 0 Å². The van der Waals surface area contributed by atoms with E-state index in [-0.39, 0.29) is 10.5 Å². The van der Waals surface area contributed by atoms with Crippen molar-refractivity contribution in [3.8, 4) is 0 Å². The molecule has 0 saturated heterocycles. The average Bonchev–Trinajstić information content (AvgIpc) is 2.34. The Morgan fingerprint density at radius 2 is 2.11 bits per heavy atom. The zero-order chi connectivity index (χ0) is 14.0. The van der Waals surface area contributed by atoms with Gasteiger partial charge in [-0.3, -0.25) is 9.52 Å². The molecule has 100 valence electrons. The molecule has 0 saturated carbocycles. The van der Waals surface area contributed by atoms with Gasteiger partial charge in [0.25, 0.3) is 10.0 Å². The maximum absolute atomic E-state index is 12.0. The van der Waals surface area contributed by atoms with Gasteiger partial charge in [-0.05, 0) is 24.6 Å². The number of nitrogens with zero attached hydrogens (tertiary/aromatic N) is 1. The van der Waals surface area contributed by atoms with Crippen molar-refractivity contribution in [3.05, 3.63) is 51.7 Å². The number of aromatic nitrogens is 2. The summed E-state index contributed by atoms with van der Waals surface area (Å²) in [4.78, 5) is 17.0. The topological polar surface area (TPSA) is 91.9 Å². The van der Waals surface area contributed by atoms with Gasteiger partial charge in [0.2, 0.25) is 5.56 Å².